The highest BCUT2D eigenvalue weighted by Crippen LogP contribution is 2.25. The van der Waals surface area contributed by atoms with Gasteiger partial charge in [-0.05, 0) is 38.0 Å². The molecule has 22 heavy (non-hydrogen) atoms. The number of amides is 1. The molecule has 0 spiro atoms. The van der Waals surface area contributed by atoms with Crippen LogP contribution >= 0.6 is 11.8 Å². The van der Waals surface area contributed by atoms with Crippen molar-refractivity contribution in [2.45, 2.75) is 37.1 Å². The van der Waals surface area contributed by atoms with Crippen molar-refractivity contribution in [2.24, 2.45) is 0 Å². The van der Waals surface area contributed by atoms with Crippen LogP contribution in [-0.4, -0.2) is 46.8 Å². The van der Waals surface area contributed by atoms with Gasteiger partial charge < -0.3 is 14.7 Å². The molecule has 0 saturated carbocycles. The van der Waals surface area contributed by atoms with Crippen molar-refractivity contribution in [2.75, 3.05) is 18.9 Å². The molecule has 1 heterocycles. The number of carboxylic acid groups (broad SMARTS) is 1. The highest BCUT2D eigenvalue weighted by molar-refractivity contribution is 7.99. The number of carbonyl (C=O) groups is 2. The van der Waals surface area contributed by atoms with Crippen LogP contribution in [0.4, 0.5) is 0 Å². The number of ether oxygens (including phenoxy) is 1. The molecule has 1 aromatic carbocycles. The summed E-state index contributed by atoms with van der Waals surface area (Å²) < 4.78 is 5.44. The molecule has 0 radical (unpaired) electrons. The van der Waals surface area contributed by atoms with Crippen molar-refractivity contribution < 1.29 is 19.4 Å². The predicted molar refractivity (Wildman–Crippen MR) is 85.3 cm³/mol. The lowest BCUT2D eigenvalue weighted by Gasteiger charge is -2.21. The molecule has 1 saturated heterocycles. The van der Waals surface area contributed by atoms with Gasteiger partial charge in [-0.2, -0.15) is 0 Å². The molecule has 120 valence electrons. The topological polar surface area (TPSA) is 66.8 Å². The van der Waals surface area contributed by atoms with Gasteiger partial charge >= 0.3 is 5.97 Å². The van der Waals surface area contributed by atoms with Crippen molar-refractivity contribution in [3.8, 4) is 5.75 Å². The van der Waals surface area contributed by atoms with Crippen molar-refractivity contribution >= 4 is 23.6 Å². The molecule has 1 aromatic rings. The van der Waals surface area contributed by atoms with E-state index in [0.717, 1.165) is 17.1 Å². The van der Waals surface area contributed by atoms with Gasteiger partial charge in [0.1, 0.15) is 11.8 Å². The van der Waals surface area contributed by atoms with E-state index < -0.39 is 12.0 Å². The summed E-state index contributed by atoms with van der Waals surface area (Å²) in [5, 5.41) is 9.10. The van der Waals surface area contributed by atoms with E-state index in [1.807, 2.05) is 31.2 Å². The second-order valence-electron chi connectivity index (χ2n) is 5.09. The van der Waals surface area contributed by atoms with Crippen molar-refractivity contribution in [3.63, 3.8) is 0 Å². The first kappa shape index (κ1) is 16.7. The number of carboxylic acids is 1. The minimum absolute atomic E-state index is 0.0710. The molecule has 2 rings (SSSR count). The smallest absolute Gasteiger partial charge is 0.326 e. The Morgan fingerprint density at radius 1 is 1.45 bits per heavy atom. The predicted octanol–water partition coefficient (Wildman–Crippen LogP) is 2.64. The van der Waals surface area contributed by atoms with Gasteiger partial charge in [0.2, 0.25) is 5.91 Å². The molecule has 1 atom stereocenters. The first-order chi connectivity index (χ1) is 10.6. The van der Waals surface area contributed by atoms with Crippen LogP contribution in [0.2, 0.25) is 0 Å². The van der Waals surface area contributed by atoms with Crippen LogP contribution in [0.5, 0.6) is 5.75 Å². The van der Waals surface area contributed by atoms with Gasteiger partial charge in [0.25, 0.3) is 0 Å². The number of thioether (sulfide) groups is 1. The SMILES string of the molecule is CCOc1cccc(SCCC(=O)N2CCCC2C(=O)O)c1. The van der Waals surface area contributed by atoms with Gasteiger partial charge in [-0.3, -0.25) is 4.79 Å². The summed E-state index contributed by atoms with van der Waals surface area (Å²) >= 11 is 1.58. The van der Waals surface area contributed by atoms with E-state index in [1.165, 1.54) is 4.90 Å². The molecule has 1 unspecified atom stereocenters. The fraction of sp³-hybridized carbons (Fsp3) is 0.500. The average Bonchev–Trinajstić information content (AvgIpc) is 2.97. The summed E-state index contributed by atoms with van der Waals surface area (Å²) in [7, 11) is 0. The highest BCUT2D eigenvalue weighted by Gasteiger charge is 2.33. The Labute approximate surface area is 134 Å². The van der Waals surface area contributed by atoms with Gasteiger partial charge in [-0.1, -0.05) is 6.07 Å². The van der Waals surface area contributed by atoms with Gasteiger partial charge in [0.05, 0.1) is 6.61 Å². The second-order valence-corrected chi connectivity index (χ2v) is 6.26. The Hall–Kier alpha value is -1.69. The lowest BCUT2D eigenvalue weighted by atomic mass is 10.2. The number of hydrogen-bond donors (Lipinski definition) is 1. The molecule has 5 nitrogen and oxygen atoms in total. The van der Waals surface area contributed by atoms with E-state index in [-0.39, 0.29) is 5.91 Å². The quantitative estimate of drug-likeness (QED) is 0.781. The third-order valence-corrected chi connectivity index (χ3v) is 4.55. The van der Waals surface area contributed by atoms with E-state index in [4.69, 9.17) is 9.84 Å². The van der Waals surface area contributed by atoms with Gasteiger partial charge in [-0.15, -0.1) is 11.8 Å². The van der Waals surface area contributed by atoms with E-state index in [1.54, 1.807) is 11.8 Å². The maximum atomic E-state index is 12.1. The summed E-state index contributed by atoms with van der Waals surface area (Å²) in [6.07, 6.45) is 1.68. The number of hydrogen-bond acceptors (Lipinski definition) is 4. The number of benzene rings is 1. The second kappa shape index (κ2) is 8.08. The lowest BCUT2D eigenvalue weighted by molar-refractivity contribution is -0.148. The number of rotatable bonds is 7. The molecular formula is C16H21NO4S. The Kier molecular flexibility index (Phi) is 6.12. The van der Waals surface area contributed by atoms with Crippen LogP contribution in [0.3, 0.4) is 0 Å². The summed E-state index contributed by atoms with van der Waals surface area (Å²) in [6.45, 7) is 3.12. The minimum atomic E-state index is -0.900. The minimum Gasteiger partial charge on any atom is -0.494 e. The average molecular weight is 323 g/mol. The lowest BCUT2D eigenvalue weighted by Crippen LogP contribution is -2.40. The summed E-state index contributed by atoms with van der Waals surface area (Å²) in [5.74, 6) is 0.489. The molecule has 0 bridgehead atoms. The van der Waals surface area contributed by atoms with Crippen LogP contribution < -0.4 is 4.74 Å². The molecule has 1 aliphatic heterocycles. The summed E-state index contributed by atoms with van der Waals surface area (Å²) in [4.78, 5) is 25.8. The first-order valence-corrected chi connectivity index (χ1v) is 8.48. The molecule has 1 N–H and O–H groups in total. The van der Waals surface area contributed by atoms with E-state index >= 15 is 0 Å². The molecular weight excluding hydrogens is 302 g/mol. The first-order valence-electron chi connectivity index (χ1n) is 7.49. The number of aliphatic carboxylic acids is 1. The summed E-state index contributed by atoms with van der Waals surface area (Å²) in [5.41, 5.74) is 0. The third kappa shape index (κ3) is 4.40. The zero-order valence-electron chi connectivity index (χ0n) is 12.7. The van der Waals surface area contributed by atoms with Crippen molar-refractivity contribution in [3.05, 3.63) is 24.3 Å². The fourth-order valence-electron chi connectivity index (χ4n) is 2.54. The number of carbonyl (C=O) groups excluding carboxylic acids is 1. The maximum Gasteiger partial charge on any atom is 0.326 e. The van der Waals surface area contributed by atoms with E-state index in [2.05, 4.69) is 0 Å². The molecule has 1 aliphatic rings. The Morgan fingerprint density at radius 2 is 2.27 bits per heavy atom. The number of likely N-dealkylation sites (tertiary alicyclic amines) is 1. The molecule has 1 amide bonds. The maximum absolute atomic E-state index is 12.1. The van der Waals surface area contributed by atoms with Crippen molar-refractivity contribution in [1.82, 2.24) is 4.90 Å². The van der Waals surface area contributed by atoms with Gasteiger partial charge in [-0.25, -0.2) is 4.79 Å². The zero-order chi connectivity index (χ0) is 15.9. The fourth-order valence-corrected chi connectivity index (χ4v) is 3.43. The summed E-state index contributed by atoms with van der Waals surface area (Å²) in [6, 6.07) is 7.12. The van der Waals surface area contributed by atoms with Crippen LogP contribution in [0.1, 0.15) is 26.2 Å². The van der Waals surface area contributed by atoms with Crippen molar-refractivity contribution in [1.29, 1.82) is 0 Å². The molecule has 6 heteroatoms. The van der Waals surface area contributed by atoms with Gasteiger partial charge in [0.15, 0.2) is 0 Å². The highest BCUT2D eigenvalue weighted by atomic mass is 32.2. The molecule has 1 fully saturated rings. The largest absolute Gasteiger partial charge is 0.494 e. The normalized spacial score (nSPS) is 17.5. The zero-order valence-corrected chi connectivity index (χ0v) is 13.5. The Morgan fingerprint density at radius 3 is 3.00 bits per heavy atom. The number of nitrogens with zero attached hydrogens (tertiary/aromatic N) is 1. The van der Waals surface area contributed by atoms with E-state index in [9.17, 15) is 9.59 Å². The van der Waals surface area contributed by atoms with Crippen LogP contribution in [-0.2, 0) is 9.59 Å². The van der Waals surface area contributed by atoms with Gasteiger partial charge in [0, 0.05) is 23.6 Å². The Bertz CT molecular complexity index is 535. The van der Waals surface area contributed by atoms with Crippen LogP contribution in [0.25, 0.3) is 0 Å². The monoisotopic (exact) mass is 323 g/mol. The molecule has 0 aromatic heterocycles. The van der Waals surface area contributed by atoms with Crippen LogP contribution in [0, 0.1) is 0 Å². The van der Waals surface area contributed by atoms with E-state index in [0.29, 0.717) is 31.7 Å². The standard InChI is InChI=1S/C16H21NO4S/c1-2-21-12-5-3-6-13(11-12)22-10-8-15(18)17-9-4-7-14(17)16(19)20/h3,5-6,11,14H,2,4,7-10H2,1H3,(H,19,20). The molecule has 0 aliphatic carbocycles. The third-order valence-electron chi connectivity index (χ3n) is 3.56. The Balaban J connectivity index is 1.82. The van der Waals surface area contributed by atoms with Crippen LogP contribution in [0.15, 0.2) is 29.2 Å².